The highest BCUT2D eigenvalue weighted by Gasteiger charge is 2.35. The zero-order valence-electron chi connectivity index (χ0n) is 19.2. The molecule has 5 aromatic rings. The summed E-state index contributed by atoms with van der Waals surface area (Å²) in [7, 11) is 1.90. The van der Waals surface area contributed by atoms with E-state index in [2.05, 4.69) is 20.6 Å². The largest absolute Gasteiger partial charge is 0.418 e. The molecule has 0 aliphatic heterocycles. The molecule has 36 heavy (non-hydrogen) atoms. The Morgan fingerprint density at radius 2 is 2.00 bits per heavy atom. The molecule has 0 amide bonds. The SMILES string of the molecule is Cn1cnnc1[C@@H](c1cc(-c2cnsc2)cc(-n2cc3c(C(F)(F)F)cccn3c2=O)c1)C1CCC1. The summed E-state index contributed by atoms with van der Waals surface area (Å²) in [6.07, 6.45) is 4.66. The van der Waals surface area contributed by atoms with Gasteiger partial charge < -0.3 is 4.57 Å². The highest BCUT2D eigenvalue weighted by atomic mass is 32.1. The second-order valence-corrected chi connectivity index (χ2v) is 9.81. The van der Waals surface area contributed by atoms with Crippen molar-refractivity contribution in [2.75, 3.05) is 0 Å². The average Bonchev–Trinajstić information content (AvgIpc) is 3.56. The zero-order chi connectivity index (χ0) is 25.0. The molecule has 0 N–H and O–H groups in total. The monoisotopic (exact) mass is 510 g/mol. The van der Waals surface area contributed by atoms with Gasteiger partial charge in [-0.05, 0) is 65.7 Å². The third-order valence-electron chi connectivity index (χ3n) is 6.99. The number of rotatable bonds is 5. The fourth-order valence-corrected chi connectivity index (χ4v) is 5.53. The van der Waals surface area contributed by atoms with E-state index in [1.165, 1.54) is 34.6 Å². The molecule has 0 bridgehead atoms. The van der Waals surface area contributed by atoms with Crippen LogP contribution < -0.4 is 5.69 Å². The Hall–Kier alpha value is -3.73. The molecule has 0 radical (unpaired) electrons. The van der Waals surface area contributed by atoms with Crippen LogP contribution in [0.5, 0.6) is 0 Å². The minimum absolute atomic E-state index is 0.0602. The van der Waals surface area contributed by atoms with Crippen molar-refractivity contribution in [2.24, 2.45) is 13.0 Å². The molecule has 1 fully saturated rings. The van der Waals surface area contributed by atoms with E-state index in [0.29, 0.717) is 11.6 Å². The summed E-state index contributed by atoms with van der Waals surface area (Å²) in [5.41, 5.74) is 1.52. The van der Waals surface area contributed by atoms with Gasteiger partial charge in [-0.15, -0.1) is 10.2 Å². The first-order valence-corrected chi connectivity index (χ1v) is 12.3. The van der Waals surface area contributed by atoms with Crippen molar-refractivity contribution in [1.82, 2.24) is 28.1 Å². The molecular formula is C25H21F3N6OS. The molecular weight excluding hydrogens is 489 g/mol. The van der Waals surface area contributed by atoms with Crippen molar-refractivity contribution in [1.29, 1.82) is 0 Å². The van der Waals surface area contributed by atoms with Gasteiger partial charge in [-0.25, -0.2) is 9.17 Å². The number of aryl methyl sites for hydroxylation is 1. The number of fused-ring (bicyclic) bond motifs is 1. The third kappa shape index (κ3) is 3.74. The van der Waals surface area contributed by atoms with E-state index < -0.39 is 17.4 Å². The molecule has 4 heterocycles. The highest BCUT2D eigenvalue weighted by molar-refractivity contribution is 7.03. The predicted molar refractivity (Wildman–Crippen MR) is 129 cm³/mol. The van der Waals surface area contributed by atoms with E-state index in [9.17, 15) is 18.0 Å². The average molecular weight is 511 g/mol. The number of hydrogen-bond donors (Lipinski definition) is 0. The van der Waals surface area contributed by atoms with Crippen molar-refractivity contribution in [3.05, 3.63) is 88.1 Å². The van der Waals surface area contributed by atoms with Crippen LogP contribution in [-0.4, -0.2) is 28.1 Å². The Bertz CT molecular complexity index is 1610. The summed E-state index contributed by atoms with van der Waals surface area (Å²) < 4.78 is 49.4. The maximum atomic E-state index is 13.7. The van der Waals surface area contributed by atoms with Crippen LogP contribution in [0.15, 0.2) is 65.4 Å². The van der Waals surface area contributed by atoms with E-state index in [1.54, 1.807) is 12.5 Å². The minimum atomic E-state index is -4.58. The van der Waals surface area contributed by atoms with Crippen LogP contribution in [0, 0.1) is 5.92 Å². The molecule has 184 valence electrons. The molecule has 4 aromatic heterocycles. The number of hydrogen-bond acceptors (Lipinski definition) is 5. The van der Waals surface area contributed by atoms with E-state index in [-0.39, 0.29) is 11.4 Å². The second-order valence-electron chi connectivity index (χ2n) is 9.15. The number of alkyl halides is 3. The molecule has 6 rings (SSSR count). The fourth-order valence-electron chi connectivity index (χ4n) is 4.98. The van der Waals surface area contributed by atoms with Crippen LogP contribution in [-0.2, 0) is 13.2 Å². The molecule has 1 aliphatic rings. The Morgan fingerprint density at radius 1 is 1.17 bits per heavy atom. The van der Waals surface area contributed by atoms with Crippen LogP contribution in [0.25, 0.3) is 22.3 Å². The maximum absolute atomic E-state index is 13.7. The van der Waals surface area contributed by atoms with Crippen LogP contribution in [0.2, 0.25) is 0 Å². The fraction of sp³-hybridized carbons (Fsp3) is 0.280. The number of pyridine rings is 1. The summed E-state index contributed by atoms with van der Waals surface area (Å²) >= 11 is 1.31. The molecule has 0 saturated heterocycles. The van der Waals surface area contributed by atoms with Gasteiger partial charge in [0, 0.05) is 42.5 Å². The summed E-state index contributed by atoms with van der Waals surface area (Å²) in [6, 6.07) is 7.98. The van der Waals surface area contributed by atoms with Gasteiger partial charge in [0.05, 0.1) is 16.8 Å². The Kier molecular flexibility index (Phi) is 5.32. The van der Waals surface area contributed by atoms with Gasteiger partial charge in [-0.3, -0.25) is 8.97 Å². The quantitative estimate of drug-likeness (QED) is 0.322. The van der Waals surface area contributed by atoms with Crippen LogP contribution in [0.3, 0.4) is 0 Å². The summed E-state index contributed by atoms with van der Waals surface area (Å²) in [4.78, 5) is 13.3. The molecule has 1 saturated carbocycles. The Balaban J connectivity index is 1.59. The van der Waals surface area contributed by atoms with E-state index in [0.717, 1.165) is 52.2 Å². The van der Waals surface area contributed by atoms with E-state index in [4.69, 9.17) is 0 Å². The lowest BCUT2D eigenvalue weighted by molar-refractivity contribution is -0.136. The zero-order valence-corrected chi connectivity index (χ0v) is 20.0. The van der Waals surface area contributed by atoms with Crippen molar-refractivity contribution in [3.8, 4) is 16.8 Å². The number of benzene rings is 1. The van der Waals surface area contributed by atoms with Crippen LogP contribution in [0.1, 0.15) is 42.1 Å². The Morgan fingerprint density at radius 3 is 2.64 bits per heavy atom. The van der Waals surface area contributed by atoms with Crippen molar-refractivity contribution >= 4 is 17.0 Å². The van der Waals surface area contributed by atoms with Gasteiger partial charge in [-0.1, -0.05) is 12.5 Å². The van der Waals surface area contributed by atoms with Crippen LogP contribution >= 0.6 is 11.5 Å². The lowest BCUT2D eigenvalue weighted by Gasteiger charge is -2.33. The van der Waals surface area contributed by atoms with E-state index >= 15 is 0 Å². The predicted octanol–water partition coefficient (Wildman–Crippen LogP) is 5.29. The number of aromatic nitrogens is 6. The van der Waals surface area contributed by atoms with E-state index in [1.807, 2.05) is 29.1 Å². The maximum Gasteiger partial charge on any atom is 0.418 e. The van der Waals surface area contributed by atoms with Crippen molar-refractivity contribution in [3.63, 3.8) is 0 Å². The molecule has 1 atom stereocenters. The molecule has 11 heteroatoms. The smallest absolute Gasteiger partial charge is 0.320 e. The van der Waals surface area contributed by atoms with Gasteiger partial charge in [0.1, 0.15) is 12.2 Å². The molecule has 0 spiro atoms. The van der Waals surface area contributed by atoms with Gasteiger partial charge in [0.15, 0.2) is 0 Å². The first-order chi connectivity index (χ1) is 17.3. The summed E-state index contributed by atoms with van der Waals surface area (Å²) in [5.74, 6) is 1.12. The number of nitrogens with zero attached hydrogens (tertiary/aromatic N) is 6. The standard InChI is InChI=1S/C25H21F3N6OS/c1-32-14-29-31-23(32)22(15-4-2-5-15)17-8-16(18-11-30-36-13-18)9-19(10-17)34-12-21-20(25(26,27)28)6-3-7-33(21)24(34)35/h3,6-15,22H,2,4-5H2,1H3/t22-/m1/s1. The molecule has 7 nitrogen and oxygen atoms in total. The van der Waals surface area contributed by atoms with Crippen molar-refractivity contribution in [2.45, 2.75) is 31.4 Å². The first kappa shape index (κ1) is 22.7. The first-order valence-electron chi connectivity index (χ1n) is 11.5. The van der Waals surface area contributed by atoms with Crippen molar-refractivity contribution < 1.29 is 13.2 Å². The topological polar surface area (TPSA) is 70.0 Å². The molecule has 1 aromatic carbocycles. The van der Waals surface area contributed by atoms with Gasteiger partial charge in [0.25, 0.3) is 0 Å². The second kappa shape index (κ2) is 8.44. The summed E-state index contributed by atoms with van der Waals surface area (Å²) in [5, 5.41) is 10.4. The highest BCUT2D eigenvalue weighted by Crippen LogP contribution is 2.44. The normalized spacial score (nSPS) is 15.3. The van der Waals surface area contributed by atoms with Gasteiger partial charge in [-0.2, -0.15) is 13.2 Å². The number of imidazole rings is 1. The summed E-state index contributed by atoms with van der Waals surface area (Å²) in [6.45, 7) is 0. The minimum Gasteiger partial charge on any atom is -0.320 e. The lowest BCUT2D eigenvalue weighted by atomic mass is 9.72. The van der Waals surface area contributed by atoms with Gasteiger partial charge in [0.2, 0.25) is 0 Å². The molecule has 1 aliphatic carbocycles. The molecule has 0 unspecified atom stereocenters. The Labute approximate surface area is 207 Å². The lowest BCUT2D eigenvalue weighted by Crippen LogP contribution is -2.24. The number of halogens is 3. The third-order valence-corrected chi connectivity index (χ3v) is 7.58. The van der Waals surface area contributed by atoms with Crippen LogP contribution in [0.4, 0.5) is 13.2 Å². The van der Waals surface area contributed by atoms with Gasteiger partial charge >= 0.3 is 11.9 Å².